The normalized spacial score (nSPS) is 26.9. The van der Waals surface area contributed by atoms with Gasteiger partial charge in [0.15, 0.2) is 0 Å². The van der Waals surface area contributed by atoms with E-state index in [2.05, 4.69) is 16.6 Å². The second-order valence-corrected chi connectivity index (χ2v) is 4.07. The zero-order valence-corrected chi connectivity index (χ0v) is 10.3. The first-order valence-corrected chi connectivity index (χ1v) is 5.18. The molecule has 15 heavy (non-hydrogen) atoms. The van der Waals surface area contributed by atoms with E-state index in [1.165, 1.54) is 7.11 Å². The van der Waals surface area contributed by atoms with Gasteiger partial charge in [0.05, 0.1) is 13.7 Å². The summed E-state index contributed by atoms with van der Waals surface area (Å²) in [5, 5.41) is 0. The summed E-state index contributed by atoms with van der Waals surface area (Å²) in [7, 11) is 1.42. The molecule has 0 aliphatic carbocycles. The van der Waals surface area contributed by atoms with Crippen molar-refractivity contribution in [2.75, 3.05) is 26.7 Å². The Morgan fingerprint density at radius 1 is 1.60 bits per heavy atom. The highest BCUT2D eigenvalue weighted by Gasteiger charge is 2.26. The van der Waals surface area contributed by atoms with E-state index in [9.17, 15) is 4.79 Å². The second kappa shape index (κ2) is 7.04. The lowest BCUT2D eigenvalue weighted by atomic mass is 9.92. The smallest absolute Gasteiger partial charge is 0.319 e. The zero-order valence-electron chi connectivity index (χ0n) is 9.44. The number of halogens is 1. The number of ether oxygens (including phenoxy) is 1. The van der Waals surface area contributed by atoms with Gasteiger partial charge in [-0.05, 0) is 25.3 Å². The summed E-state index contributed by atoms with van der Waals surface area (Å²) < 4.78 is 4.65. The molecule has 0 aromatic rings. The van der Waals surface area contributed by atoms with Gasteiger partial charge in [-0.2, -0.15) is 0 Å². The quantitative estimate of drug-likeness (QED) is 0.731. The number of esters is 1. The lowest BCUT2D eigenvalue weighted by Crippen LogP contribution is -2.48. The van der Waals surface area contributed by atoms with Crippen LogP contribution in [0.4, 0.5) is 0 Å². The van der Waals surface area contributed by atoms with Gasteiger partial charge in [0, 0.05) is 12.6 Å². The van der Waals surface area contributed by atoms with E-state index >= 15 is 0 Å². The lowest BCUT2D eigenvalue weighted by Gasteiger charge is -2.37. The SMILES string of the molecule is COC(=O)CN1CCC(C)CC1CN.Cl. The first-order chi connectivity index (χ1) is 6.67. The number of carbonyl (C=O) groups is 1. The van der Waals surface area contributed by atoms with Gasteiger partial charge in [-0.15, -0.1) is 12.4 Å². The molecule has 90 valence electrons. The molecule has 0 aromatic heterocycles. The van der Waals surface area contributed by atoms with Crippen LogP contribution in [0.2, 0.25) is 0 Å². The van der Waals surface area contributed by atoms with Gasteiger partial charge < -0.3 is 10.5 Å². The van der Waals surface area contributed by atoms with Crippen LogP contribution in [0.1, 0.15) is 19.8 Å². The Morgan fingerprint density at radius 2 is 2.27 bits per heavy atom. The van der Waals surface area contributed by atoms with Crippen LogP contribution < -0.4 is 5.73 Å². The van der Waals surface area contributed by atoms with E-state index in [-0.39, 0.29) is 18.4 Å². The predicted molar refractivity (Wildman–Crippen MR) is 62.1 cm³/mol. The summed E-state index contributed by atoms with van der Waals surface area (Å²) in [6.07, 6.45) is 2.24. The highest BCUT2D eigenvalue weighted by atomic mass is 35.5. The minimum Gasteiger partial charge on any atom is -0.468 e. The van der Waals surface area contributed by atoms with Gasteiger partial charge in [-0.25, -0.2) is 0 Å². The molecule has 0 amide bonds. The summed E-state index contributed by atoms with van der Waals surface area (Å²) in [5.41, 5.74) is 5.68. The highest BCUT2D eigenvalue weighted by Crippen LogP contribution is 2.21. The van der Waals surface area contributed by atoms with Crippen LogP contribution in [-0.2, 0) is 9.53 Å². The van der Waals surface area contributed by atoms with Crippen LogP contribution in [-0.4, -0.2) is 43.7 Å². The van der Waals surface area contributed by atoms with Gasteiger partial charge >= 0.3 is 5.97 Å². The van der Waals surface area contributed by atoms with Crippen molar-refractivity contribution in [2.24, 2.45) is 11.7 Å². The molecule has 2 N–H and O–H groups in total. The van der Waals surface area contributed by atoms with Gasteiger partial charge in [-0.1, -0.05) is 6.92 Å². The molecule has 5 heteroatoms. The number of piperidine rings is 1. The van der Waals surface area contributed by atoms with Crippen LogP contribution in [0, 0.1) is 5.92 Å². The molecular formula is C10H21ClN2O2. The molecule has 1 aliphatic rings. The van der Waals surface area contributed by atoms with Crippen LogP contribution in [0.3, 0.4) is 0 Å². The minimum absolute atomic E-state index is 0. The van der Waals surface area contributed by atoms with Gasteiger partial charge in [0.1, 0.15) is 0 Å². The third kappa shape index (κ3) is 4.36. The Hall–Kier alpha value is -0.320. The molecule has 0 saturated carbocycles. The Bertz CT molecular complexity index is 202. The summed E-state index contributed by atoms with van der Waals surface area (Å²) in [5.74, 6) is 0.551. The zero-order chi connectivity index (χ0) is 10.6. The summed E-state index contributed by atoms with van der Waals surface area (Å²) >= 11 is 0. The van der Waals surface area contributed by atoms with Gasteiger partial charge in [-0.3, -0.25) is 9.69 Å². The minimum atomic E-state index is -0.169. The molecule has 1 heterocycles. The maximum absolute atomic E-state index is 11.1. The Kier molecular flexibility index (Phi) is 6.89. The van der Waals surface area contributed by atoms with Gasteiger partial charge in [0.25, 0.3) is 0 Å². The Labute approximate surface area is 97.5 Å². The molecule has 0 spiro atoms. The summed E-state index contributed by atoms with van der Waals surface area (Å²) in [4.78, 5) is 13.2. The molecule has 1 saturated heterocycles. The van der Waals surface area contributed by atoms with Crippen molar-refractivity contribution in [3.05, 3.63) is 0 Å². The first-order valence-electron chi connectivity index (χ1n) is 5.18. The van der Waals surface area contributed by atoms with E-state index in [1.807, 2.05) is 0 Å². The molecule has 1 aliphatic heterocycles. The monoisotopic (exact) mass is 236 g/mol. The fraction of sp³-hybridized carbons (Fsp3) is 0.900. The average Bonchev–Trinajstić information content (AvgIpc) is 2.20. The number of hydrogen-bond donors (Lipinski definition) is 1. The van der Waals surface area contributed by atoms with Crippen molar-refractivity contribution >= 4 is 18.4 Å². The summed E-state index contributed by atoms with van der Waals surface area (Å²) in [6.45, 7) is 4.20. The average molecular weight is 237 g/mol. The number of methoxy groups -OCH3 is 1. The summed E-state index contributed by atoms with van der Waals surface area (Å²) in [6, 6.07) is 0.345. The van der Waals surface area contributed by atoms with Crippen LogP contribution in [0.5, 0.6) is 0 Å². The number of rotatable bonds is 3. The fourth-order valence-electron chi connectivity index (χ4n) is 1.98. The van der Waals surface area contributed by atoms with Crippen molar-refractivity contribution in [1.29, 1.82) is 0 Å². The third-order valence-electron chi connectivity index (χ3n) is 2.93. The van der Waals surface area contributed by atoms with Gasteiger partial charge in [0.2, 0.25) is 0 Å². The highest BCUT2D eigenvalue weighted by molar-refractivity contribution is 5.85. The number of carbonyl (C=O) groups excluding carboxylic acids is 1. The van der Waals surface area contributed by atoms with Crippen molar-refractivity contribution in [3.8, 4) is 0 Å². The number of hydrogen-bond acceptors (Lipinski definition) is 4. The maximum Gasteiger partial charge on any atom is 0.319 e. The van der Waals surface area contributed by atoms with E-state index in [0.717, 1.165) is 25.3 Å². The van der Waals surface area contributed by atoms with Crippen LogP contribution >= 0.6 is 12.4 Å². The van der Waals surface area contributed by atoms with Crippen LogP contribution in [0.15, 0.2) is 0 Å². The van der Waals surface area contributed by atoms with Crippen LogP contribution in [0.25, 0.3) is 0 Å². The molecule has 0 aromatic carbocycles. The van der Waals surface area contributed by atoms with E-state index in [4.69, 9.17) is 5.73 Å². The standard InChI is InChI=1S/C10H20N2O2.ClH/c1-8-3-4-12(7-10(13)14-2)9(5-8)6-11;/h8-9H,3-7,11H2,1-2H3;1H. The van der Waals surface area contributed by atoms with E-state index in [0.29, 0.717) is 19.1 Å². The van der Waals surface area contributed by atoms with Crippen molar-refractivity contribution in [2.45, 2.75) is 25.8 Å². The molecule has 4 nitrogen and oxygen atoms in total. The number of nitrogens with zero attached hydrogens (tertiary/aromatic N) is 1. The molecule has 0 bridgehead atoms. The molecule has 0 radical (unpaired) electrons. The number of likely N-dealkylation sites (tertiary alicyclic amines) is 1. The molecule has 1 fully saturated rings. The van der Waals surface area contributed by atoms with Crippen molar-refractivity contribution < 1.29 is 9.53 Å². The molecule has 2 atom stereocenters. The first kappa shape index (κ1) is 14.7. The Morgan fingerprint density at radius 3 is 2.80 bits per heavy atom. The molecular weight excluding hydrogens is 216 g/mol. The number of nitrogens with two attached hydrogens (primary N) is 1. The lowest BCUT2D eigenvalue weighted by molar-refractivity contribution is -0.143. The van der Waals surface area contributed by atoms with E-state index < -0.39 is 0 Å². The predicted octanol–water partition coefficient (Wildman–Crippen LogP) is 0.640. The maximum atomic E-state index is 11.1. The molecule has 1 rings (SSSR count). The fourth-order valence-corrected chi connectivity index (χ4v) is 1.98. The largest absolute Gasteiger partial charge is 0.468 e. The third-order valence-corrected chi connectivity index (χ3v) is 2.93. The van der Waals surface area contributed by atoms with Crippen molar-refractivity contribution in [1.82, 2.24) is 4.90 Å². The Balaban J connectivity index is 0.00000196. The molecule has 2 unspecified atom stereocenters. The second-order valence-electron chi connectivity index (χ2n) is 4.07. The van der Waals surface area contributed by atoms with Crippen molar-refractivity contribution in [3.63, 3.8) is 0 Å². The van der Waals surface area contributed by atoms with E-state index in [1.54, 1.807) is 0 Å². The topological polar surface area (TPSA) is 55.6 Å².